The molecule has 0 radical (unpaired) electrons. The van der Waals surface area contributed by atoms with Crippen molar-refractivity contribution in [3.63, 3.8) is 0 Å². The Morgan fingerprint density at radius 2 is 2.03 bits per heavy atom. The van der Waals surface area contributed by atoms with Crippen LogP contribution < -0.4 is 10.6 Å². The highest BCUT2D eigenvalue weighted by molar-refractivity contribution is 6.30. The molecule has 0 amide bonds. The molecule has 2 aromatic rings. The second kappa shape index (κ2) is 10.2. The highest BCUT2D eigenvalue weighted by atomic mass is 35.5. The fourth-order valence-corrected chi connectivity index (χ4v) is 4.08. The van der Waals surface area contributed by atoms with Gasteiger partial charge in [0.15, 0.2) is 6.17 Å². The number of carbonyl (C=O) groups is 1. The van der Waals surface area contributed by atoms with Crippen LogP contribution in [-0.4, -0.2) is 49.0 Å². The summed E-state index contributed by atoms with van der Waals surface area (Å²) in [7, 11) is 1.29. The topological polar surface area (TPSA) is 97.4 Å². The molecule has 1 unspecified atom stereocenters. The second-order valence-corrected chi connectivity index (χ2v) is 8.08. The number of amidine groups is 1. The van der Waals surface area contributed by atoms with E-state index in [2.05, 4.69) is 4.99 Å². The summed E-state index contributed by atoms with van der Waals surface area (Å²) in [5.41, 5.74) is 6.95. The van der Waals surface area contributed by atoms with Crippen molar-refractivity contribution in [3.05, 3.63) is 58.1 Å². The van der Waals surface area contributed by atoms with Crippen LogP contribution in [0.2, 0.25) is 5.02 Å². The first-order chi connectivity index (χ1) is 16.0. The third-order valence-corrected chi connectivity index (χ3v) is 5.73. The molecule has 3 atom stereocenters. The van der Waals surface area contributed by atoms with Crippen LogP contribution in [0.5, 0.6) is 5.75 Å². The minimum Gasteiger partial charge on any atom is -0.508 e. The van der Waals surface area contributed by atoms with Gasteiger partial charge in [-0.2, -0.15) is 13.2 Å². The largest absolute Gasteiger partial charge is 0.508 e. The van der Waals surface area contributed by atoms with Gasteiger partial charge in [0.25, 0.3) is 0 Å². The fourth-order valence-electron chi connectivity index (χ4n) is 3.90. The Morgan fingerprint density at radius 1 is 1.32 bits per heavy atom. The van der Waals surface area contributed by atoms with Crippen molar-refractivity contribution in [1.29, 1.82) is 0 Å². The van der Waals surface area contributed by atoms with Crippen LogP contribution in [0.15, 0.2) is 41.4 Å². The zero-order chi connectivity index (χ0) is 25.2. The first-order valence-electron chi connectivity index (χ1n) is 10.5. The molecular weight excluding hydrogens is 475 g/mol. The predicted molar refractivity (Wildman–Crippen MR) is 122 cm³/mol. The molecule has 1 aliphatic rings. The van der Waals surface area contributed by atoms with Gasteiger partial charge in [0.05, 0.1) is 18.7 Å². The molecule has 0 fully saturated rings. The summed E-state index contributed by atoms with van der Waals surface area (Å²) in [6, 6.07) is 9.05. The van der Waals surface area contributed by atoms with E-state index < -0.39 is 36.9 Å². The SMILES string of the molecule is CCOC(=O)C[C@H]1O[C@H](c2cccc(O)c2C)c2cc(Cl)ccc2N(C(N)C(F)(F)F)C1=NC. The van der Waals surface area contributed by atoms with E-state index in [1.54, 1.807) is 26.0 Å². The van der Waals surface area contributed by atoms with E-state index >= 15 is 0 Å². The van der Waals surface area contributed by atoms with E-state index in [4.69, 9.17) is 26.8 Å². The van der Waals surface area contributed by atoms with Gasteiger partial charge in [-0.05, 0) is 49.2 Å². The molecule has 11 heteroatoms. The maximum atomic E-state index is 13.9. The van der Waals surface area contributed by atoms with Gasteiger partial charge in [-0.3, -0.25) is 9.79 Å². The Kier molecular flexibility index (Phi) is 7.74. The number of rotatable bonds is 5. The number of fused-ring (bicyclic) bond motifs is 1. The number of phenols is 1. The van der Waals surface area contributed by atoms with Crippen molar-refractivity contribution in [1.82, 2.24) is 0 Å². The molecule has 2 aromatic carbocycles. The average molecular weight is 500 g/mol. The average Bonchev–Trinajstić information content (AvgIpc) is 2.89. The number of aliphatic imine (C=N–C) groups is 1. The zero-order valence-corrected chi connectivity index (χ0v) is 19.5. The molecule has 0 saturated carbocycles. The van der Waals surface area contributed by atoms with Crippen LogP contribution in [0.1, 0.15) is 36.1 Å². The third kappa shape index (κ3) is 5.13. The summed E-state index contributed by atoms with van der Waals surface area (Å²) in [6.07, 6.45) is -9.96. The summed E-state index contributed by atoms with van der Waals surface area (Å²) in [6.45, 7) is 3.35. The number of carbonyl (C=O) groups excluding carboxylic acids is 1. The summed E-state index contributed by atoms with van der Waals surface area (Å²) < 4.78 is 52.9. The third-order valence-electron chi connectivity index (χ3n) is 5.50. The van der Waals surface area contributed by atoms with Crippen LogP contribution in [-0.2, 0) is 14.3 Å². The van der Waals surface area contributed by atoms with Gasteiger partial charge < -0.3 is 25.2 Å². The predicted octanol–water partition coefficient (Wildman–Crippen LogP) is 4.48. The highest BCUT2D eigenvalue weighted by Gasteiger charge is 2.47. The molecule has 7 nitrogen and oxygen atoms in total. The van der Waals surface area contributed by atoms with Crippen LogP contribution in [0, 0.1) is 6.92 Å². The first-order valence-corrected chi connectivity index (χ1v) is 10.8. The molecule has 0 aromatic heterocycles. The number of ether oxygens (including phenoxy) is 2. The Balaban J connectivity index is 2.30. The van der Waals surface area contributed by atoms with E-state index in [9.17, 15) is 23.1 Å². The molecule has 1 aliphatic heterocycles. The van der Waals surface area contributed by atoms with Crippen molar-refractivity contribution in [2.75, 3.05) is 18.6 Å². The smallest absolute Gasteiger partial charge is 0.422 e. The normalized spacial score (nSPS) is 20.6. The minimum atomic E-state index is -4.83. The fraction of sp³-hybridized carbons (Fsp3) is 0.391. The molecule has 3 N–H and O–H groups in total. The number of nitrogens with two attached hydrogens (primary N) is 1. The number of aromatic hydroxyl groups is 1. The monoisotopic (exact) mass is 499 g/mol. The summed E-state index contributed by atoms with van der Waals surface area (Å²) in [5, 5.41) is 10.5. The lowest BCUT2D eigenvalue weighted by Crippen LogP contribution is -2.57. The molecule has 3 rings (SSSR count). The maximum absolute atomic E-state index is 13.9. The maximum Gasteiger partial charge on any atom is 0.422 e. The van der Waals surface area contributed by atoms with Crippen molar-refractivity contribution < 1.29 is 32.5 Å². The Labute approximate surface area is 199 Å². The standard InChI is InChI=1S/C23H25ClF3N3O4/c1-4-33-19(32)11-18-21(29-3)30(22(28)23(25,26)27)16-9-8-13(24)10-15(16)20(34-18)14-6-5-7-17(31)12(14)2/h5-10,18,20,22,31H,4,11,28H2,1-3H3/t18-,20-,22?/m1/s1. The molecule has 0 aliphatic carbocycles. The van der Waals surface area contributed by atoms with Crippen molar-refractivity contribution in [2.45, 2.75) is 44.8 Å². The van der Waals surface area contributed by atoms with Gasteiger partial charge in [-0.1, -0.05) is 23.7 Å². The summed E-state index contributed by atoms with van der Waals surface area (Å²) in [4.78, 5) is 17.2. The van der Waals surface area contributed by atoms with Gasteiger partial charge in [-0.15, -0.1) is 0 Å². The minimum absolute atomic E-state index is 0.0240. The van der Waals surface area contributed by atoms with E-state index in [0.29, 0.717) is 11.1 Å². The van der Waals surface area contributed by atoms with Crippen LogP contribution in [0.4, 0.5) is 18.9 Å². The number of benzene rings is 2. The Bertz CT molecular complexity index is 1090. The van der Waals surface area contributed by atoms with Crippen molar-refractivity contribution in [2.24, 2.45) is 10.7 Å². The van der Waals surface area contributed by atoms with Gasteiger partial charge in [0.1, 0.15) is 23.8 Å². The molecule has 0 spiro atoms. The molecule has 184 valence electrons. The second-order valence-electron chi connectivity index (χ2n) is 7.65. The Morgan fingerprint density at radius 3 is 2.65 bits per heavy atom. The quantitative estimate of drug-likeness (QED) is 0.589. The zero-order valence-electron chi connectivity index (χ0n) is 18.8. The summed E-state index contributed by atoms with van der Waals surface area (Å²) >= 11 is 6.22. The molecule has 34 heavy (non-hydrogen) atoms. The highest BCUT2D eigenvalue weighted by Crippen LogP contribution is 2.43. The van der Waals surface area contributed by atoms with Crippen LogP contribution >= 0.6 is 11.6 Å². The molecule has 0 saturated heterocycles. The van der Waals surface area contributed by atoms with Crippen molar-refractivity contribution in [3.8, 4) is 5.75 Å². The first kappa shape index (κ1) is 25.8. The lowest BCUT2D eigenvalue weighted by molar-refractivity contribution is -0.146. The van der Waals surface area contributed by atoms with Crippen LogP contribution in [0.25, 0.3) is 0 Å². The lowest BCUT2D eigenvalue weighted by atomic mass is 9.95. The van der Waals surface area contributed by atoms with E-state index in [1.807, 2.05) is 0 Å². The number of hydrogen-bond donors (Lipinski definition) is 2. The van der Waals surface area contributed by atoms with E-state index in [-0.39, 0.29) is 34.5 Å². The molecule has 0 bridgehead atoms. The summed E-state index contributed by atoms with van der Waals surface area (Å²) in [5.74, 6) is -0.893. The van der Waals surface area contributed by atoms with Gasteiger partial charge in [-0.25, -0.2) is 0 Å². The van der Waals surface area contributed by atoms with Gasteiger partial charge >= 0.3 is 12.1 Å². The number of phenolic OH excluding ortho intramolecular Hbond substituents is 1. The number of halogens is 4. The van der Waals surface area contributed by atoms with E-state index in [0.717, 1.165) is 4.90 Å². The van der Waals surface area contributed by atoms with Crippen LogP contribution in [0.3, 0.4) is 0 Å². The number of nitrogens with zero attached hydrogens (tertiary/aromatic N) is 2. The van der Waals surface area contributed by atoms with Gasteiger partial charge in [0, 0.05) is 17.6 Å². The lowest BCUT2D eigenvalue weighted by Gasteiger charge is -2.34. The number of esters is 1. The number of anilines is 1. The molecular formula is C23H25ClF3N3O4. The number of hydrogen-bond acceptors (Lipinski definition) is 6. The molecule has 1 heterocycles. The number of alkyl halides is 3. The Hall–Kier alpha value is -2.82. The van der Waals surface area contributed by atoms with Crippen molar-refractivity contribution >= 4 is 29.1 Å². The van der Waals surface area contributed by atoms with E-state index in [1.165, 1.54) is 31.3 Å². The van der Waals surface area contributed by atoms with Gasteiger partial charge in [0.2, 0.25) is 0 Å².